The van der Waals surface area contributed by atoms with Crippen molar-refractivity contribution < 1.29 is 13.9 Å². The molecular weight excluding hydrogens is 299 g/mol. The first-order valence-corrected chi connectivity index (χ1v) is 7.50. The Balaban J connectivity index is 1.57. The third kappa shape index (κ3) is 3.68. The predicted molar refractivity (Wildman–Crippen MR) is 83.3 cm³/mol. The lowest BCUT2D eigenvalue weighted by Gasteiger charge is -2.09. The van der Waals surface area contributed by atoms with Gasteiger partial charge in [-0.05, 0) is 30.3 Å². The third-order valence-electron chi connectivity index (χ3n) is 3.82. The molecule has 23 heavy (non-hydrogen) atoms. The fraction of sp³-hybridized carbons (Fsp3) is 0.375. The summed E-state index contributed by atoms with van der Waals surface area (Å²) >= 11 is 0. The highest BCUT2D eigenvalue weighted by atomic mass is 19.1. The van der Waals surface area contributed by atoms with Gasteiger partial charge in [-0.15, -0.1) is 0 Å². The molecule has 0 aliphatic carbocycles. The van der Waals surface area contributed by atoms with E-state index in [9.17, 15) is 9.18 Å². The van der Waals surface area contributed by atoms with Crippen LogP contribution in [0.25, 0.3) is 5.69 Å². The number of hydrogen-bond acceptors (Lipinski definition) is 4. The molecule has 2 aromatic rings. The normalized spacial score (nSPS) is 20.4. The van der Waals surface area contributed by atoms with Crippen LogP contribution in [0, 0.1) is 0 Å². The molecule has 2 heterocycles. The molecule has 3 rings (SSSR count). The van der Waals surface area contributed by atoms with E-state index in [0.29, 0.717) is 6.54 Å². The zero-order valence-electron chi connectivity index (χ0n) is 12.8. The van der Waals surface area contributed by atoms with E-state index < -0.39 is 12.2 Å². The molecule has 1 aromatic heterocycles. The predicted octanol–water partition coefficient (Wildman–Crippen LogP) is 1.20. The molecular formula is C16H19FN4O2. The van der Waals surface area contributed by atoms with Crippen LogP contribution in [0.1, 0.15) is 12.1 Å². The van der Waals surface area contributed by atoms with Gasteiger partial charge in [0.25, 0.3) is 0 Å². The molecule has 1 saturated heterocycles. The number of benzene rings is 1. The van der Waals surface area contributed by atoms with Gasteiger partial charge >= 0.3 is 0 Å². The Hall–Kier alpha value is -2.41. The monoisotopic (exact) mass is 318 g/mol. The molecule has 7 heteroatoms. The molecule has 1 aromatic carbocycles. The molecule has 0 saturated carbocycles. The van der Waals surface area contributed by atoms with Crippen LogP contribution in [-0.4, -0.2) is 41.6 Å². The van der Waals surface area contributed by atoms with Crippen molar-refractivity contribution in [2.24, 2.45) is 0 Å². The van der Waals surface area contributed by atoms with Crippen LogP contribution >= 0.6 is 0 Å². The van der Waals surface area contributed by atoms with Gasteiger partial charge in [-0.25, -0.2) is 9.07 Å². The second-order valence-corrected chi connectivity index (χ2v) is 5.46. The first-order chi connectivity index (χ1) is 11.2. The van der Waals surface area contributed by atoms with Crippen LogP contribution in [0.15, 0.2) is 36.5 Å². The van der Waals surface area contributed by atoms with Crippen molar-refractivity contribution in [3.8, 4) is 11.4 Å². The smallest absolute Gasteiger partial charge is 0.237 e. The van der Waals surface area contributed by atoms with Gasteiger partial charge in [0.05, 0.1) is 31.1 Å². The van der Waals surface area contributed by atoms with Crippen LogP contribution < -0.4 is 15.4 Å². The number of ether oxygens (including phenoxy) is 1. The minimum atomic E-state index is -0.944. The number of hydrogen-bond donors (Lipinski definition) is 2. The van der Waals surface area contributed by atoms with Crippen LogP contribution in [0.3, 0.4) is 0 Å². The summed E-state index contributed by atoms with van der Waals surface area (Å²) in [5.74, 6) is 0.591. The average Bonchev–Trinajstić information content (AvgIpc) is 3.22. The molecule has 0 unspecified atom stereocenters. The highest BCUT2D eigenvalue weighted by Crippen LogP contribution is 2.14. The molecule has 122 valence electrons. The van der Waals surface area contributed by atoms with Crippen LogP contribution in [0.4, 0.5) is 4.39 Å². The van der Waals surface area contributed by atoms with Gasteiger partial charge in [0.2, 0.25) is 5.91 Å². The molecule has 2 atom stereocenters. The van der Waals surface area contributed by atoms with Gasteiger partial charge in [0, 0.05) is 19.2 Å². The molecule has 1 fully saturated rings. The number of nitrogens with zero attached hydrogens (tertiary/aromatic N) is 2. The first kappa shape index (κ1) is 15.5. The van der Waals surface area contributed by atoms with E-state index in [2.05, 4.69) is 15.7 Å². The second kappa shape index (κ2) is 6.78. The van der Waals surface area contributed by atoms with Gasteiger partial charge in [0.1, 0.15) is 11.9 Å². The lowest BCUT2D eigenvalue weighted by molar-refractivity contribution is -0.123. The maximum atomic E-state index is 13.1. The molecule has 1 aliphatic rings. The lowest BCUT2D eigenvalue weighted by Crippen LogP contribution is -2.40. The lowest BCUT2D eigenvalue weighted by atomic mass is 10.2. The Morgan fingerprint density at radius 1 is 1.43 bits per heavy atom. The Morgan fingerprint density at radius 3 is 2.87 bits per heavy atom. The van der Waals surface area contributed by atoms with Crippen LogP contribution in [0.5, 0.6) is 5.75 Å². The highest BCUT2D eigenvalue weighted by Gasteiger charge is 2.28. The quantitative estimate of drug-likeness (QED) is 0.869. The molecule has 2 N–H and O–H groups in total. The van der Waals surface area contributed by atoms with Crippen molar-refractivity contribution in [2.45, 2.75) is 25.2 Å². The number of carbonyl (C=O) groups is 1. The van der Waals surface area contributed by atoms with E-state index in [-0.39, 0.29) is 18.9 Å². The summed E-state index contributed by atoms with van der Waals surface area (Å²) in [6.07, 6.45) is 1.11. The summed E-state index contributed by atoms with van der Waals surface area (Å²) in [6, 6.07) is 8.91. The van der Waals surface area contributed by atoms with Crippen molar-refractivity contribution in [1.29, 1.82) is 0 Å². The summed E-state index contributed by atoms with van der Waals surface area (Å²) < 4.78 is 19.9. The van der Waals surface area contributed by atoms with E-state index in [4.69, 9.17) is 4.74 Å². The van der Waals surface area contributed by atoms with Crippen molar-refractivity contribution in [1.82, 2.24) is 20.4 Å². The largest absolute Gasteiger partial charge is 0.497 e. The first-order valence-electron chi connectivity index (χ1n) is 7.50. The van der Waals surface area contributed by atoms with Crippen molar-refractivity contribution in [3.63, 3.8) is 0 Å². The number of methoxy groups -OCH3 is 1. The van der Waals surface area contributed by atoms with Gasteiger partial charge in [-0.3, -0.25) is 4.79 Å². The van der Waals surface area contributed by atoms with Crippen molar-refractivity contribution in [3.05, 3.63) is 42.2 Å². The number of alkyl halides is 1. The van der Waals surface area contributed by atoms with E-state index in [1.807, 2.05) is 36.5 Å². The highest BCUT2D eigenvalue weighted by molar-refractivity contribution is 5.82. The summed E-state index contributed by atoms with van der Waals surface area (Å²) in [7, 11) is 1.62. The summed E-state index contributed by atoms with van der Waals surface area (Å²) in [6.45, 7) is 0.557. The molecule has 1 aliphatic heterocycles. The van der Waals surface area contributed by atoms with E-state index in [0.717, 1.165) is 17.1 Å². The molecule has 6 nitrogen and oxygen atoms in total. The fourth-order valence-electron chi connectivity index (χ4n) is 2.53. The van der Waals surface area contributed by atoms with Gasteiger partial charge in [0.15, 0.2) is 0 Å². The Labute approximate surface area is 133 Å². The number of amides is 1. The van der Waals surface area contributed by atoms with Gasteiger partial charge < -0.3 is 15.4 Å². The molecule has 0 radical (unpaired) electrons. The maximum Gasteiger partial charge on any atom is 0.237 e. The summed E-state index contributed by atoms with van der Waals surface area (Å²) in [5.41, 5.74) is 1.64. The topological polar surface area (TPSA) is 68.2 Å². The Morgan fingerprint density at radius 2 is 2.22 bits per heavy atom. The number of rotatable bonds is 5. The van der Waals surface area contributed by atoms with Gasteiger partial charge in [-0.2, -0.15) is 5.10 Å². The third-order valence-corrected chi connectivity index (χ3v) is 3.82. The van der Waals surface area contributed by atoms with Crippen molar-refractivity contribution in [2.75, 3.05) is 13.7 Å². The average molecular weight is 318 g/mol. The SMILES string of the molecule is COc1ccc(-n2ccc(CNC(=O)[C@H]3C[C@H](F)CN3)n2)cc1. The Kier molecular flexibility index (Phi) is 4.57. The number of aromatic nitrogens is 2. The number of halogens is 1. The zero-order chi connectivity index (χ0) is 16.2. The Bertz CT molecular complexity index is 671. The van der Waals surface area contributed by atoms with Crippen LogP contribution in [0.2, 0.25) is 0 Å². The zero-order valence-corrected chi connectivity index (χ0v) is 12.8. The summed E-state index contributed by atoms with van der Waals surface area (Å²) in [5, 5.41) is 10.1. The van der Waals surface area contributed by atoms with Crippen molar-refractivity contribution >= 4 is 5.91 Å². The minimum absolute atomic E-state index is 0.191. The van der Waals surface area contributed by atoms with Gasteiger partial charge in [-0.1, -0.05) is 0 Å². The van der Waals surface area contributed by atoms with Crippen LogP contribution in [-0.2, 0) is 11.3 Å². The molecule has 0 spiro atoms. The van der Waals surface area contributed by atoms with E-state index >= 15 is 0 Å². The van der Waals surface area contributed by atoms with E-state index in [1.54, 1.807) is 11.8 Å². The molecule has 0 bridgehead atoms. The fourth-order valence-corrected chi connectivity index (χ4v) is 2.53. The minimum Gasteiger partial charge on any atom is -0.497 e. The number of nitrogens with one attached hydrogen (secondary N) is 2. The standard InChI is InChI=1S/C16H19FN4O2/c1-23-14-4-2-13(3-5-14)21-7-6-12(20-21)10-19-16(22)15-8-11(17)9-18-15/h2-7,11,15,18H,8-10H2,1H3,(H,19,22)/t11-,15+/m0/s1. The summed E-state index contributed by atoms with van der Waals surface area (Å²) in [4.78, 5) is 11.9. The number of carbonyl (C=O) groups excluding carboxylic acids is 1. The maximum absolute atomic E-state index is 13.1. The second-order valence-electron chi connectivity index (χ2n) is 5.46. The molecule has 1 amide bonds. The van der Waals surface area contributed by atoms with E-state index in [1.165, 1.54) is 0 Å².